The monoisotopic (exact) mass is 514 g/mol. The molecule has 4 rings (SSSR count). The molecular weight excluding hydrogens is 488 g/mol. The van der Waals surface area contributed by atoms with Crippen molar-refractivity contribution in [3.05, 3.63) is 104 Å². The first-order chi connectivity index (χ1) is 17.4. The Morgan fingerprint density at radius 1 is 1.11 bits per heavy atom. The van der Waals surface area contributed by atoms with E-state index >= 15 is 0 Å². The number of benzene rings is 2. The normalized spacial score (nSPS) is 15.3. The SMILES string of the molecule is CCn1c(NCc2ccccc2)c(/C=C2/SC(=S)N(C(C)c3ccccc3)C2=O)c(C)c(C#N)c1=O. The highest BCUT2D eigenvalue weighted by molar-refractivity contribution is 8.26. The minimum atomic E-state index is -0.351. The van der Waals surface area contributed by atoms with Gasteiger partial charge < -0.3 is 5.32 Å². The van der Waals surface area contributed by atoms with Crippen LogP contribution in [0.2, 0.25) is 0 Å². The Hall–Kier alpha value is -3.67. The Morgan fingerprint density at radius 3 is 2.36 bits per heavy atom. The lowest BCUT2D eigenvalue weighted by atomic mass is 10.0. The molecule has 0 bridgehead atoms. The molecule has 1 aliphatic heterocycles. The number of anilines is 1. The van der Waals surface area contributed by atoms with E-state index in [0.29, 0.717) is 39.3 Å². The zero-order chi connectivity index (χ0) is 25.8. The van der Waals surface area contributed by atoms with Gasteiger partial charge in [-0.05, 0) is 43.5 Å². The number of carbonyl (C=O) groups is 1. The van der Waals surface area contributed by atoms with Crippen molar-refractivity contribution in [3.8, 4) is 6.07 Å². The van der Waals surface area contributed by atoms with Crippen LogP contribution in [0.4, 0.5) is 5.82 Å². The molecule has 0 spiro atoms. The van der Waals surface area contributed by atoms with Crippen LogP contribution in [0.1, 0.15) is 47.7 Å². The summed E-state index contributed by atoms with van der Waals surface area (Å²) in [6.45, 7) is 6.41. The number of thioether (sulfide) groups is 1. The molecule has 1 N–H and O–H groups in total. The maximum atomic E-state index is 13.5. The second kappa shape index (κ2) is 10.9. The number of hydrogen-bond acceptors (Lipinski definition) is 6. The molecule has 1 unspecified atom stereocenters. The van der Waals surface area contributed by atoms with Crippen LogP contribution >= 0.6 is 24.0 Å². The van der Waals surface area contributed by atoms with Crippen molar-refractivity contribution in [2.24, 2.45) is 0 Å². The highest BCUT2D eigenvalue weighted by atomic mass is 32.2. The van der Waals surface area contributed by atoms with Gasteiger partial charge in [-0.15, -0.1) is 0 Å². The fourth-order valence-electron chi connectivity index (χ4n) is 4.26. The van der Waals surface area contributed by atoms with Gasteiger partial charge in [-0.3, -0.25) is 19.1 Å². The molecule has 2 heterocycles. The van der Waals surface area contributed by atoms with Crippen LogP contribution in [-0.2, 0) is 17.9 Å². The highest BCUT2D eigenvalue weighted by Gasteiger charge is 2.36. The molecule has 2 aromatic carbocycles. The maximum Gasteiger partial charge on any atom is 0.270 e. The van der Waals surface area contributed by atoms with E-state index in [-0.39, 0.29) is 23.1 Å². The number of nitriles is 1. The molecule has 0 aliphatic carbocycles. The molecule has 1 atom stereocenters. The van der Waals surface area contributed by atoms with Gasteiger partial charge in [0, 0.05) is 18.7 Å². The third kappa shape index (κ3) is 4.85. The van der Waals surface area contributed by atoms with Crippen LogP contribution in [0.3, 0.4) is 0 Å². The van der Waals surface area contributed by atoms with Gasteiger partial charge in [0.05, 0.1) is 10.9 Å². The lowest BCUT2D eigenvalue weighted by molar-refractivity contribution is -0.123. The number of carbonyl (C=O) groups excluding carboxylic acids is 1. The van der Waals surface area contributed by atoms with Crippen molar-refractivity contribution >= 4 is 46.1 Å². The third-order valence-electron chi connectivity index (χ3n) is 6.26. The first kappa shape index (κ1) is 25.4. The molecule has 6 nitrogen and oxygen atoms in total. The van der Waals surface area contributed by atoms with Crippen LogP contribution in [-0.4, -0.2) is 19.7 Å². The summed E-state index contributed by atoms with van der Waals surface area (Å²) >= 11 is 6.82. The number of aromatic nitrogens is 1. The quantitative estimate of drug-likeness (QED) is 0.326. The van der Waals surface area contributed by atoms with Crippen LogP contribution in [0.25, 0.3) is 6.08 Å². The molecule has 8 heteroatoms. The Morgan fingerprint density at radius 2 is 1.75 bits per heavy atom. The molecule has 1 aromatic heterocycles. The highest BCUT2D eigenvalue weighted by Crippen LogP contribution is 2.39. The largest absolute Gasteiger partial charge is 0.367 e. The molecule has 0 radical (unpaired) electrons. The number of nitrogens with zero attached hydrogens (tertiary/aromatic N) is 3. The van der Waals surface area contributed by atoms with E-state index in [4.69, 9.17) is 12.2 Å². The van der Waals surface area contributed by atoms with E-state index in [2.05, 4.69) is 11.4 Å². The third-order valence-corrected chi connectivity index (χ3v) is 7.59. The number of nitrogens with one attached hydrogen (secondary N) is 1. The first-order valence-corrected chi connectivity index (χ1v) is 12.9. The molecule has 1 saturated heterocycles. The van der Waals surface area contributed by atoms with Crippen molar-refractivity contribution in [1.82, 2.24) is 9.47 Å². The minimum Gasteiger partial charge on any atom is -0.367 e. The fraction of sp³-hybridized carbons (Fsp3) is 0.214. The van der Waals surface area contributed by atoms with Crippen LogP contribution < -0.4 is 10.9 Å². The van der Waals surface area contributed by atoms with Crippen molar-refractivity contribution in [3.63, 3.8) is 0 Å². The lowest BCUT2D eigenvalue weighted by Gasteiger charge is -2.23. The van der Waals surface area contributed by atoms with Crippen molar-refractivity contribution < 1.29 is 4.79 Å². The van der Waals surface area contributed by atoms with Crippen LogP contribution in [0.15, 0.2) is 70.4 Å². The lowest BCUT2D eigenvalue weighted by Crippen LogP contribution is -2.31. The molecule has 3 aromatic rings. The zero-order valence-corrected chi connectivity index (χ0v) is 22.0. The van der Waals surface area contributed by atoms with E-state index < -0.39 is 0 Å². The van der Waals surface area contributed by atoms with Gasteiger partial charge in [-0.25, -0.2) is 0 Å². The van der Waals surface area contributed by atoms with Crippen molar-refractivity contribution in [2.45, 2.75) is 39.9 Å². The summed E-state index contributed by atoms with van der Waals surface area (Å²) < 4.78 is 2.02. The van der Waals surface area contributed by atoms with Gasteiger partial charge in [0.1, 0.15) is 21.8 Å². The number of rotatable bonds is 7. The molecule has 1 aliphatic rings. The number of amides is 1. The summed E-state index contributed by atoms with van der Waals surface area (Å²) in [6.07, 6.45) is 1.76. The van der Waals surface area contributed by atoms with Gasteiger partial charge >= 0.3 is 0 Å². The summed E-state index contributed by atoms with van der Waals surface area (Å²) in [7, 11) is 0. The molecule has 1 fully saturated rings. The summed E-state index contributed by atoms with van der Waals surface area (Å²) in [5.74, 6) is 0.381. The van der Waals surface area contributed by atoms with Gasteiger partial charge in [0.15, 0.2) is 0 Å². The van der Waals surface area contributed by atoms with E-state index in [0.717, 1.165) is 11.1 Å². The number of thiocarbonyl (C=S) groups is 1. The van der Waals surface area contributed by atoms with Crippen LogP contribution in [0.5, 0.6) is 0 Å². The second-order valence-electron chi connectivity index (χ2n) is 8.40. The smallest absolute Gasteiger partial charge is 0.270 e. The Labute approximate surface area is 220 Å². The van der Waals surface area contributed by atoms with Gasteiger partial charge in [0.2, 0.25) is 0 Å². The molecule has 36 heavy (non-hydrogen) atoms. The Balaban J connectivity index is 1.79. The molecule has 182 valence electrons. The maximum absolute atomic E-state index is 13.5. The topological polar surface area (TPSA) is 78.1 Å². The number of hydrogen-bond donors (Lipinski definition) is 1. The average Bonchev–Trinajstić information content (AvgIpc) is 3.18. The molecule has 1 amide bonds. The average molecular weight is 515 g/mol. The second-order valence-corrected chi connectivity index (χ2v) is 10.1. The van der Waals surface area contributed by atoms with E-state index in [1.54, 1.807) is 22.5 Å². The molecular formula is C28H26N4O2S2. The van der Waals surface area contributed by atoms with Crippen LogP contribution in [0, 0.1) is 18.3 Å². The summed E-state index contributed by atoms with van der Waals surface area (Å²) in [5, 5.41) is 13.1. The zero-order valence-electron chi connectivity index (χ0n) is 20.3. The summed E-state index contributed by atoms with van der Waals surface area (Å²) in [4.78, 5) is 28.7. The number of pyridine rings is 1. The minimum absolute atomic E-state index is 0.0708. The van der Waals surface area contributed by atoms with E-state index in [9.17, 15) is 14.9 Å². The van der Waals surface area contributed by atoms with Crippen molar-refractivity contribution in [2.75, 3.05) is 5.32 Å². The summed E-state index contributed by atoms with van der Waals surface area (Å²) in [5.41, 5.74) is 2.92. The fourth-order valence-corrected chi connectivity index (χ4v) is 5.66. The predicted octanol–water partition coefficient (Wildman–Crippen LogP) is 5.62. The van der Waals surface area contributed by atoms with Gasteiger partial charge in [-0.2, -0.15) is 5.26 Å². The van der Waals surface area contributed by atoms with E-state index in [1.165, 1.54) is 11.8 Å². The van der Waals surface area contributed by atoms with E-state index in [1.807, 2.05) is 74.5 Å². The van der Waals surface area contributed by atoms with Gasteiger partial charge in [-0.1, -0.05) is 84.6 Å². The Bertz CT molecular complexity index is 1440. The van der Waals surface area contributed by atoms with Crippen molar-refractivity contribution in [1.29, 1.82) is 5.26 Å². The standard InChI is InChI=1S/C28H26N4O2S2/c1-4-31-25(30-17-20-11-7-5-8-12-20)22(18(2)23(16-29)26(31)33)15-24-27(34)32(28(35)36-24)19(3)21-13-9-6-10-14-21/h5-15,19,30H,4,17H2,1-3H3/b24-15+. The summed E-state index contributed by atoms with van der Waals surface area (Å²) in [6, 6.07) is 21.4. The van der Waals surface area contributed by atoms with Gasteiger partial charge in [0.25, 0.3) is 11.5 Å². The first-order valence-electron chi connectivity index (χ1n) is 11.6. The molecule has 0 saturated carbocycles. The Kier molecular flexibility index (Phi) is 7.73. The predicted molar refractivity (Wildman–Crippen MR) is 149 cm³/mol.